The van der Waals surface area contributed by atoms with Crippen molar-refractivity contribution in [3.8, 4) is 0 Å². The van der Waals surface area contributed by atoms with Crippen LogP contribution in [0.5, 0.6) is 0 Å². The lowest BCUT2D eigenvalue weighted by molar-refractivity contribution is -0.0505. The Hall–Kier alpha value is -1.72. The number of carbonyl (C=O) groups excluding carboxylic acids is 2. The zero-order chi connectivity index (χ0) is 13.5. The molecule has 5 heteroatoms. The van der Waals surface area contributed by atoms with E-state index in [1.807, 2.05) is 0 Å². The highest BCUT2D eigenvalue weighted by atomic mass is 16.7. The third kappa shape index (κ3) is 4.15. The summed E-state index contributed by atoms with van der Waals surface area (Å²) in [5.74, 6) is -0.384. The third-order valence-electron chi connectivity index (χ3n) is 2.79. The van der Waals surface area contributed by atoms with Crippen molar-refractivity contribution in [3.63, 3.8) is 0 Å². The molecule has 102 valence electrons. The van der Waals surface area contributed by atoms with Crippen LogP contribution < -0.4 is 0 Å². The number of aldehydes is 1. The number of rotatable bonds is 6. The molecular formula is C14H16O5. The largest absolute Gasteiger partial charge is 0.462 e. The Morgan fingerprint density at radius 2 is 1.95 bits per heavy atom. The van der Waals surface area contributed by atoms with E-state index in [-0.39, 0.29) is 12.3 Å². The lowest BCUT2D eigenvalue weighted by Crippen LogP contribution is -2.11. The van der Waals surface area contributed by atoms with Crippen LogP contribution in [-0.4, -0.2) is 38.4 Å². The molecule has 1 aromatic rings. The van der Waals surface area contributed by atoms with E-state index in [1.54, 1.807) is 24.3 Å². The lowest BCUT2D eigenvalue weighted by Gasteiger charge is -2.09. The second-order valence-corrected chi connectivity index (χ2v) is 4.19. The SMILES string of the molecule is O=Cc1ccc(C(=O)OCCCC2OCCO2)cc1. The molecule has 0 aromatic heterocycles. The Labute approximate surface area is 111 Å². The quantitative estimate of drug-likeness (QED) is 0.445. The molecule has 2 rings (SSSR count). The molecule has 0 bridgehead atoms. The summed E-state index contributed by atoms with van der Waals surface area (Å²) in [6.07, 6.45) is 1.99. The third-order valence-corrected chi connectivity index (χ3v) is 2.79. The number of carbonyl (C=O) groups is 2. The average molecular weight is 264 g/mol. The van der Waals surface area contributed by atoms with E-state index in [4.69, 9.17) is 14.2 Å². The number of benzene rings is 1. The number of ether oxygens (including phenoxy) is 3. The second-order valence-electron chi connectivity index (χ2n) is 4.19. The first kappa shape index (κ1) is 13.7. The van der Waals surface area contributed by atoms with Gasteiger partial charge < -0.3 is 14.2 Å². The van der Waals surface area contributed by atoms with E-state index in [1.165, 1.54) is 0 Å². The van der Waals surface area contributed by atoms with Gasteiger partial charge in [-0.05, 0) is 18.6 Å². The summed E-state index contributed by atoms with van der Waals surface area (Å²) < 4.78 is 15.7. The van der Waals surface area contributed by atoms with E-state index < -0.39 is 0 Å². The van der Waals surface area contributed by atoms with Crippen LogP contribution in [0.2, 0.25) is 0 Å². The summed E-state index contributed by atoms with van der Waals surface area (Å²) in [6, 6.07) is 6.33. The van der Waals surface area contributed by atoms with Gasteiger partial charge in [-0.3, -0.25) is 4.79 Å². The molecule has 19 heavy (non-hydrogen) atoms. The van der Waals surface area contributed by atoms with Crippen molar-refractivity contribution < 1.29 is 23.8 Å². The highest BCUT2D eigenvalue weighted by Crippen LogP contribution is 2.10. The van der Waals surface area contributed by atoms with Gasteiger partial charge in [0.15, 0.2) is 6.29 Å². The molecule has 1 heterocycles. The Balaban J connectivity index is 1.69. The average Bonchev–Trinajstić information content (AvgIpc) is 2.96. The fourth-order valence-electron chi connectivity index (χ4n) is 1.77. The summed E-state index contributed by atoms with van der Waals surface area (Å²) in [7, 11) is 0. The number of esters is 1. The van der Waals surface area contributed by atoms with Crippen molar-refractivity contribution in [1.29, 1.82) is 0 Å². The van der Waals surface area contributed by atoms with Gasteiger partial charge in [-0.2, -0.15) is 0 Å². The Morgan fingerprint density at radius 3 is 2.58 bits per heavy atom. The fraction of sp³-hybridized carbons (Fsp3) is 0.429. The molecule has 1 aliphatic rings. The van der Waals surface area contributed by atoms with E-state index in [9.17, 15) is 9.59 Å². The zero-order valence-electron chi connectivity index (χ0n) is 10.5. The molecule has 0 aliphatic carbocycles. The van der Waals surface area contributed by atoms with E-state index in [2.05, 4.69) is 0 Å². The predicted octanol–water partition coefficient (Wildman–Crippen LogP) is 1.81. The molecule has 0 N–H and O–H groups in total. The summed E-state index contributed by atoms with van der Waals surface area (Å²) in [6.45, 7) is 1.60. The van der Waals surface area contributed by atoms with Gasteiger partial charge in [-0.25, -0.2) is 4.79 Å². The summed E-state index contributed by atoms with van der Waals surface area (Å²) >= 11 is 0. The topological polar surface area (TPSA) is 61.8 Å². The highest BCUT2D eigenvalue weighted by molar-refractivity contribution is 5.90. The Bertz CT molecular complexity index is 420. The first-order chi connectivity index (χ1) is 9.29. The summed E-state index contributed by atoms with van der Waals surface area (Å²) in [5.41, 5.74) is 0.978. The van der Waals surface area contributed by atoms with Crippen LogP contribution in [0, 0.1) is 0 Å². The van der Waals surface area contributed by atoms with Gasteiger partial charge in [0, 0.05) is 12.0 Å². The van der Waals surface area contributed by atoms with Gasteiger partial charge in [0.05, 0.1) is 25.4 Å². The van der Waals surface area contributed by atoms with Crippen molar-refractivity contribution in [2.24, 2.45) is 0 Å². The summed E-state index contributed by atoms with van der Waals surface area (Å²) in [4.78, 5) is 22.2. The van der Waals surface area contributed by atoms with Crippen molar-refractivity contribution in [2.45, 2.75) is 19.1 Å². The molecular weight excluding hydrogens is 248 g/mol. The zero-order valence-corrected chi connectivity index (χ0v) is 10.5. The maximum Gasteiger partial charge on any atom is 0.338 e. The van der Waals surface area contributed by atoms with Crippen molar-refractivity contribution in [2.75, 3.05) is 19.8 Å². The molecule has 0 spiro atoms. The second kappa shape index (κ2) is 7.01. The van der Waals surface area contributed by atoms with E-state index >= 15 is 0 Å². The minimum absolute atomic E-state index is 0.162. The first-order valence-electron chi connectivity index (χ1n) is 6.25. The minimum atomic E-state index is -0.384. The van der Waals surface area contributed by atoms with E-state index in [0.29, 0.717) is 37.4 Å². The van der Waals surface area contributed by atoms with Crippen molar-refractivity contribution in [3.05, 3.63) is 35.4 Å². The van der Waals surface area contributed by atoms with Crippen LogP contribution in [0.15, 0.2) is 24.3 Å². The molecule has 1 saturated heterocycles. The van der Waals surface area contributed by atoms with Crippen LogP contribution in [0.1, 0.15) is 33.6 Å². The van der Waals surface area contributed by atoms with Crippen LogP contribution in [0.25, 0.3) is 0 Å². The van der Waals surface area contributed by atoms with Crippen LogP contribution >= 0.6 is 0 Å². The first-order valence-corrected chi connectivity index (χ1v) is 6.25. The van der Waals surface area contributed by atoms with E-state index in [0.717, 1.165) is 12.7 Å². The minimum Gasteiger partial charge on any atom is -0.462 e. The van der Waals surface area contributed by atoms with Gasteiger partial charge in [0.1, 0.15) is 6.29 Å². The molecule has 0 saturated carbocycles. The van der Waals surface area contributed by atoms with Crippen LogP contribution in [-0.2, 0) is 14.2 Å². The number of hydrogen-bond donors (Lipinski definition) is 0. The van der Waals surface area contributed by atoms with Crippen molar-refractivity contribution in [1.82, 2.24) is 0 Å². The molecule has 1 aromatic carbocycles. The smallest absolute Gasteiger partial charge is 0.338 e. The highest BCUT2D eigenvalue weighted by Gasteiger charge is 2.15. The molecule has 1 aliphatic heterocycles. The number of hydrogen-bond acceptors (Lipinski definition) is 5. The molecule has 5 nitrogen and oxygen atoms in total. The normalized spacial score (nSPS) is 15.4. The molecule has 1 fully saturated rings. The van der Waals surface area contributed by atoms with Crippen LogP contribution in [0.3, 0.4) is 0 Å². The van der Waals surface area contributed by atoms with Gasteiger partial charge in [-0.1, -0.05) is 12.1 Å². The van der Waals surface area contributed by atoms with Crippen molar-refractivity contribution >= 4 is 12.3 Å². The monoisotopic (exact) mass is 264 g/mol. The van der Waals surface area contributed by atoms with Gasteiger partial charge in [-0.15, -0.1) is 0 Å². The Kier molecular flexibility index (Phi) is 5.06. The van der Waals surface area contributed by atoms with Gasteiger partial charge >= 0.3 is 5.97 Å². The lowest BCUT2D eigenvalue weighted by atomic mass is 10.1. The molecule has 0 unspecified atom stereocenters. The standard InChI is InChI=1S/C14H16O5/c15-10-11-3-5-12(6-4-11)14(16)19-7-1-2-13-17-8-9-18-13/h3-6,10,13H,1-2,7-9H2. The maximum atomic E-state index is 11.7. The van der Waals surface area contributed by atoms with Gasteiger partial charge in [0.2, 0.25) is 0 Å². The Morgan fingerprint density at radius 1 is 1.26 bits per heavy atom. The summed E-state index contributed by atoms with van der Waals surface area (Å²) in [5, 5.41) is 0. The predicted molar refractivity (Wildman–Crippen MR) is 67.0 cm³/mol. The molecule has 0 amide bonds. The molecule has 0 radical (unpaired) electrons. The maximum absolute atomic E-state index is 11.7. The van der Waals surface area contributed by atoms with Gasteiger partial charge in [0.25, 0.3) is 0 Å². The molecule has 0 atom stereocenters. The fourth-order valence-corrected chi connectivity index (χ4v) is 1.77. The van der Waals surface area contributed by atoms with Crippen LogP contribution in [0.4, 0.5) is 0 Å².